The first-order valence-electron chi connectivity index (χ1n) is 7.21. The van der Waals surface area contributed by atoms with Gasteiger partial charge in [0.2, 0.25) is 0 Å². The summed E-state index contributed by atoms with van der Waals surface area (Å²) >= 11 is 13.6. The maximum absolute atomic E-state index is 11.8. The first-order chi connectivity index (χ1) is 12.3. The van der Waals surface area contributed by atoms with Crippen LogP contribution in [0.2, 0.25) is 0 Å². The molecule has 0 saturated carbocycles. The van der Waals surface area contributed by atoms with Crippen LogP contribution >= 0.6 is 63.7 Å². The van der Waals surface area contributed by atoms with E-state index in [9.17, 15) is 9.59 Å². The molecule has 2 aromatic rings. The van der Waals surface area contributed by atoms with E-state index in [1.807, 2.05) is 36.4 Å². The zero-order chi connectivity index (χ0) is 19.1. The normalized spacial score (nSPS) is 11.1. The van der Waals surface area contributed by atoms with Gasteiger partial charge < -0.3 is 0 Å². The largest absolute Gasteiger partial charge is 0.268 e. The molecule has 0 spiro atoms. The lowest BCUT2D eigenvalue weighted by Gasteiger charge is -2.02. The highest BCUT2D eigenvalue weighted by Gasteiger charge is 2.01. The first-order valence-corrected chi connectivity index (χ1v) is 10.4. The minimum absolute atomic E-state index is 0.433. The molecule has 4 nitrogen and oxygen atoms in total. The van der Waals surface area contributed by atoms with Crippen molar-refractivity contribution in [1.29, 1.82) is 0 Å². The summed E-state index contributed by atoms with van der Waals surface area (Å²) in [4.78, 5) is 23.5. The Morgan fingerprint density at radius 2 is 1.04 bits per heavy atom. The second-order valence-electron chi connectivity index (χ2n) is 4.99. The summed E-state index contributed by atoms with van der Waals surface area (Å²) < 4.78 is 3.63. The highest BCUT2D eigenvalue weighted by atomic mass is 79.9. The lowest BCUT2D eigenvalue weighted by Crippen LogP contribution is -2.39. The van der Waals surface area contributed by atoms with Crippen molar-refractivity contribution in [2.45, 2.75) is 0 Å². The van der Waals surface area contributed by atoms with Crippen LogP contribution in [-0.2, 0) is 9.59 Å². The van der Waals surface area contributed by atoms with Gasteiger partial charge in [-0.15, -0.1) is 0 Å². The SMILES string of the molecule is O=C(/C=C/c1ccc(Br)c(Br)c1)NNC(=O)/C=C/c1ccc(Br)c(Br)c1. The predicted molar refractivity (Wildman–Crippen MR) is 118 cm³/mol. The third kappa shape index (κ3) is 6.83. The molecular weight excluding hydrogens is 596 g/mol. The van der Waals surface area contributed by atoms with E-state index in [0.29, 0.717) is 0 Å². The van der Waals surface area contributed by atoms with Gasteiger partial charge >= 0.3 is 0 Å². The van der Waals surface area contributed by atoms with Gasteiger partial charge in [-0.2, -0.15) is 0 Å². The van der Waals surface area contributed by atoms with Gasteiger partial charge in [-0.3, -0.25) is 20.4 Å². The van der Waals surface area contributed by atoms with Crippen molar-refractivity contribution in [1.82, 2.24) is 10.9 Å². The fourth-order valence-corrected chi connectivity index (χ4v) is 3.07. The minimum atomic E-state index is -0.433. The number of carbonyl (C=O) groups is 2. The van der Waals surface area contributed by atoms with E-state index < -0.39 is 11.8 Å². The van der Waals surface area contributed by atoms with E-state index >= 15 is 0 Å². The zero-order valence-corrected chi connectivity index (χ0v) is 19.4. The molecule has 0 bridgehead atoms. The fraction of sp³-hybridized carbons (Fsp3) is 0. The standard InChI is InChI=1S/C18H12Br4N2O2/c19-13-5-1-11(9-15(13)21)3-7-17(25)23-24-18(26)8-4-12-2-6-14(20)16(22)10-12/h1-10H,(H,23,25)(H,24,26)/b7-3+,8-4+. The Bertz CT molecular complexity index is 821. The number of benzene rings is 2. The fourth-order valence-electron chi connectivity index (χ4n) is 1.78. The molecular formula is C18H12Br4N2O2. The lowest BCUT2D eigenvalue weighted by atomic mass is 10.2. The smallest absolute Gasteiger partial charge is 0.262 e. The highest BCUT2D eigenvalue weighted by molar-refractivity contribution is 9.13. The second kappa shape index (κ2) is 10.2. The van der Waals surface area contributed by atoms with Crippen LogP contribution in [0, 0.1) is 0 Å². The number of carbonyl (C=O) groups excluding carboxylic acids is 2. The average Bonchev–Trinajstić information content (AvgIpc) is 2.62. The molecule has 0 atom stereocenters. The Hall–Kier alpha value is -1.22. The van der Waals surface area contributed by atoms with Crippen molar-refractivity contribution in [3.8, 4) is 0 Å². The number of rotatable bonds is 4. The summed E-state index contributed by atoms with van der Waals surface area (Å²) in [5.74, 6) is -0.866. The molecule has 2 N–H and O–H groups in total. The minimum Gasteiger partial charge on any atom is -0.268 e. The van der Waals surface area contributed by atoms with Crippen LogP contribution in [0.15, 0.2) is 66.4 Å². The number of hydrazine groups is 1. The number of halogens is 4. The monoisotopic (exact) mass is 604 g/mol. The lowest BCUT2D eigenvalue weighted by molar-refractivity contribution is -0.123. The first kappa shape index (κ1) is 21.1. The maximum atomic E-state index is 11.8. The van der Waals surface area contributed by atoms with E-state index in [2.05, 4.69) is 74.6 Å². The van der Waals surface area contributed by atoms with Gasteiger partial charge in [0, 0.05) is 30.0 Å². The van der Waals surface area contributed by atoms with E-state index in [0.717, 1.165) is 29.0 Å². The average molecular weight is 608 g/mol. The molecule has 2 amide bonds. The van der Waals surface area contributed by atoms with Crippen LogP contribution in [-0.4, -0.2) is 11.8 Å². The molecule has 8 heteroatoms. The Balaban J connectivity index is 1.85. The molecule has 0 aromatic heterocycles. The molecule has 0 aliphatic rings. The van der Waals surface area contributed by atoms with Gasteiger partial charge in [0.1, 0.15) is 0 Å². The van der Waals surface area contributed by atoms with E-state index in [-0.39, 0.29) is 0 Å². The summed E-state index contributed by atoms with van der Waals surface area (Å²) in [6, 6.07) is 11.2. The summed E-state index contributed by atoms with van der Waals surface area (Å²) in [6.07, 6.45) is 5.97. The predicted octanol–water partition coefficient (Wildman–Crippen LogP) is 5.61. The van der Waals surface area contributed by atoms with Crippen LogP contribution in [0.3, 0.4) is 0 Å². The Labute approximate surface area is 184 Å². The number of nitrogens with one attached hydrogen (secondary N) is 2. The maximum Gasteiger partial charge on any atom is 0.262 e. The number of hydrogen-bond acceptors (Lipinski definition) is 2. The van der Waals surface area contributed by atoms with Crippen molar-refractivity contribution >= 4 is 87.7 Å². The van der Waals surface area contributed by atoms with Crippen molar-refractivity contribution < 1.29 is 9.59 Å². The molecule has 0 radical (unpaired) electrons. The molecule has 0 aliphatic carbocycles. The number of amides is 2. The van der Waals surface area contributed by atoms with E-state index in [1.54, 1.807) is 12.2 Å². The Morgan fingerprint density at radius 1 is 0.654 bits per heavy atom. The van der Waals surface area contributed by atoms with Gasteiger partial charge in [0.05, 0.1) is 0 Å². The molecule has 0 saturated heterocycles. The van der Waals surface area contributed by atoms with E-state index in [1.165, 1.54) is 12.2 Å². The topological polar surface area (TPSA) is 58.2 Å². The molecule has 134 valence electrons. The molecule has 0 heterocycles. The molecule has 0 fully saturated rings. The van der Waals surface area contributed by atoms with Gasteiger partial charge in [-0.05, 0) is 111 Å². The van der Waals surface area contributed by atoms with Gasteiger partial charge in [-0.25, -0.2) is 0 Å². The van der Waals surface area contributed by atoms with Crippen LogP contribution in [0.25, 0.3) is 12.2 Å². The molecule has 0 aliphatic heterocycles. The van der Waals surface area contributed by atoms with Crippen molar-refractivity contribution in [3.63, 3.8) is 0 Å². The van der Waals surface area contributed by atoms with Gasteiger partial charge in [0.25, 0.3) is 11.8 Å². The second-order valence-corrected chi connectivity index (χ2v) is 8.41. The zero-order valence-electron chi connectivity index (χ0n) is 13.1. The molecule has 26 heavy (non-hydrogen) atoms. The van der Waals surface area contributed by atoms with Crippen molar-refractivity contribution in [2.24, 2.45) is 0 Å². The van der Waals surface area contributed by atoms with Gasteiger partial charge in [-0.1, -0.05) is 12.1 Å². The Morgan fingerprint density at radius 3 is 1.38 bits per heavy atom. The molecule has 2 aromatic carbocycles. The summed E-state index contributed by atoms with van der Waals surface area (Å²) in [6.45, 7) is 0. The quantitative estimate of drug-likeness (QED) is 0.351. The summed E-state index contributed by atoms with van der Waals surface area (Å²) in [7, 11) is 0. The third-order valence-electron chi connectivity index (χ3n) is 3.05. The molecule has 0 unspecified atom stereocenters. The van der Waals surface area contributed by atoms with Crippen LogP contribution < -0.4 is 10.9 Å². The van der Waals surface area contributed by atoms with Crippen LogP contribution in [0.4, 0.5) is 0 Å². The van der Waals surface area contributed by atoms with Gasteiger partial charge in [0.15, 0.2) is 0 Å². The highest BCUT2D eigenvalue weighted by Crippen LogP contribution is 2.25. The van der Waals surface area contributed by atoms with Crippen LogP contribution in [0.5, 0.6) is 0 Å². The van der Waals surface area contributed by atoms with Crippen molar-refractivity contribution in [3.05, 3.63) is 77.6 Å². The van der Waals surface area contributed by atoms with E-state index in [4.69, 9.17) is 0 Å². The van der Waals surface area contributed by atoms with Crippen molar-refractivity contribution in [2.75, 3.05) is 0 Å². The third-order valence-corrected chi connectivity index (χ3v) is 6.81. The summed E-state index contributed by atoms with van der Waals surface area (Å²) in [5, 5.41) is 0. The number of hydrogen-bond donors (Lipinski definition) is 2. The van der Waals surface area contributed by atoms with Crippen LogP contribution in [0.1, 0.15) is 11.1 Å². The summed E-state index contributed by atoms with van der Waals surface area (Å²) in [5.41, 5.74) is 6.34. The Kier molecular flexibility index (Phi) is 8.27. The molecule has 2 rings (SSSR count).